The van der Waals surface area contributed by atoms with Crippen molar-refractivity contribution in [1.82, 2.24) is 0 Å². The number of carbonyl (C=O) groups is 1. The molecule has 0 amide bonds. The second kappa shape index (κ2) is 18.2. The lowest BCUT2D eigenvalue weighted by atomic mass is 9.95. The molecule has 6 aromatic rings. The van der Waals surface area contributed by atoms with Gasteiger partial charge in [0.2, 0.25) is 0 Å². The van der Waals surface area contributed by atoms with Gasteiger partial charge in [-0.05, 0) is 82.8 Å². The van der Waals surface area contributed by atoms with Gasteiger partial charge in [0.1, 0.15) is 13.2 Å². The summed E-state index contributed by atoms with van der Waals surface area (Å²) in [5, 5.41) is 0. The van der Waals surface area contributed by atoms with Gasteiger partial charge in [-0.25, -0.2) is 0 Å². The van der Waals surface area contributed by atoms with Crippen LogP contribution in [0.3, 0.4) is 0 Å². The Labute approximate surface area is 327 Å². The first kappa shape index (κ1) is 37.1. The maximum Gasteiger partial charge on any atom is 0.181 e. The minimum absolute atomic E-state index is 0.531. The van der Waals surface area contributed by atoms with E-state index in [1.165, 1.54) is 93.7 Å². The number of hydrogen-bond donors (Lipinski definition) is 0. The summed E-state index contributed by atoms with van der Waals surface area (Å²) < 4.78 is 12.8. The van der Waals surface area contributed by atoms with Crippen LogP contribution in [0.5, 0.6) is 11.5 Å². The van der Waals surface area contributed by atoms with Gasteiger partial charge >= 0.3 is 0 Å². The molecule has 0 N–H and O–H groups in total. The number of fused-ring (bicyclic) bond motifs is 1. The molecule has 0 radical (unpaired) electrons. The van der Waals surface area contributed by atoms with Crippen molar-refractivity contribution < 1.29 is 14.3 Å². The Hall–Kier alpha value is -4.23. The lowest BCUT2D eigenvalue weighted by molar-refractivity contribution is 0.112. The molecule has 0 saturated heterocycles. The molecule has 6 heteroatoms. The maximum atomic E-state index is 12.0. The Kier molecular flexibility index (Phi) is 12.7. The van der Waals surface area contributed by atoms with E-state index >= 15 is 0 Å². The van der Waals surface area contributed by atoms with Gasteiger partial charge in [-0.2, -0.15) is 0 Å². The highest BCUT2D eigenvalue weighted by Crippen LogP contribution is 2.57. The highest BCUT2D eigenvalue weighted by atomic mass is 32.1. The lowest BCUT2D eigenvalue weighted by Crippen LogP contribution is -2.14. The first-order chi connectivity index (χ1) is 26.2. The number of thiophene rings is 3. The summed E-state index contributed by atoms with van der Waals surface area (Å²) >= 11 is 5.22. The average Bonchev–Trinajstić information content (AvgIpc) is 3.93. The number of hydrogen-bond acceptors (Lipinski definition) is 6. The molecule has 7 rings (SSSR count). The Morgan fingerprint density at radius 2 is 1.19 bits per heavy atom. The summed E-state index contributed by atoms with van der Waals surface area (Å²) in [5.74, 6) is 1.70. The molecule has 0 spiro atoms. The van der Waals surface area contributed by atoms with Crippen LogP contribution in [-0.4, -0.2) is 19.5 Å². The van der Waals surface area contributed by atoms with Crippen molar-refractivity contribution in [2.75, 3.05) is 13.2 Å². The van der Waals surface area contributed by atoms with E-state index in [1.54, 1.807) is 22.7 Å². The fourth-order valence-corrected chi connectivity index (χ4v) is 10.8. The maximum absolute atomic E-state index is 12.0. The number of aryl methyl sites for hydroxylation is 2. The van der Waals surface area contributed by atoms with Crippen LogP contribution in [0.2, 0.25) is 0 Å². The lowest BCUT2D eigenvalue weighted by Gasteiger charge is -2.17. The quantitative estimate of drug-likeness (QED) is 0.0528. The largest absolute Gasteiger partial charge is 0.485 e. The van der Waals surface area contributed by atoms with Gasteiger partial charge in [-0.3, -0.25) is 4.79 Å². The van der Waals surface area contributed by atoms with Crippen molar-refractivity contribution >= 4 is 51.9 Å². The Morgan fingerprint density at radius 3 is 1.77 bits per heavy atom. The van der Waals surface area contributed by atoms with Crippen LogP contribution in [-0.2, 0) is 12.8 Å². The second-order valence-corrected chi connectivity index (χ2v) is 16.9. The van der Waals surface area contributed by atoms with Gasteiger partial charge < -0.3 is 9.47 Å². The molecule has 0 atom stereocenters. The molecule has 272 valence electrons. The van der Waals surface area contributed by atoms with Crippen LogP contribution in [0.25, 0.3) is 41.6 Å². The number of rotatable bonds is 17. The van der Waals surface area contributed by atoms with Gasteiger partial charge in [0.15, 0.2) is 17.8 Å². The molecule has 3 aromatic heterocycles. The number of carbonyl (C=O) groups excluding carboxylic acids is 1. The fraction of sp³-hybridized carbons (Fsp3) is 0.298. The highest BCUT2D eigenvalue weighted by Gasteiger charge is 2.30. The van der Waals surface area contributed by atoms with E-state index < -0.39 is 0 Å². The highest BCUT2D eigenvalue weighted by molar-refractivity contribution is 7.28. The molecule has 4 heterocycles. The van der Waals surface area contributed by atoms with Gasteiger partial charge in [-0.1, -0.05) is 137 Å². The first-order valence-electron chi connectivity index (χ1n) is 19.2. The number of ether oxygens (including phenoxy) is 2. The molecule has 1 aliphatic rings. The number of benzene rings is 3. The van der Waals surface area contributed by atoms with E-state index in [2.05, 4.69) is 117 Å². The third kappa shape index (κ3) is 8.78. The zero-order valence-electron chi connectivity index (χ0n) is 30.8. The average molecular weight is 757 g/mol. The van der Waals surface area contributed by atoms with Crippen molar-refractivity contribution in [1.29, 1.82) is 0 Å². The van der Waals surface area contributed by atoms with E-state index in [0.29, 0.717) is 13.2 Å². The van der Waals surface area contributed by atoms with Gasteiger partial charge in [0.05, 0.1) is 19.5 Å². The van der Waals surface area contributed by atoms with Crippen LogP contribution < -0.4 is 9.47 Å². The van der Waals surface area contributed by atoms with Crippen molar-refractivity contribution in [2.45, 2.75) is 78.1 Å². The van der Waals surface area contributed by atoms with E-state index in [4.69, 9.17) is 9.47 Å². The van der Waals surface area contributed by atoms with E-state index in [-0.39, 0.29) is 0 Å². The van der Waals surface area contributed by atoms with Crippen molar-refractivity contribution in [3.8, 4) is 41.4 Å². The molecule has 1 aliphatic heterocycles. The van der Waals surface area contributed by atoms with Gasteiger partial charge in [0, 0.05) is 9.75 Å². The summed E-state index contributed by atoms with van der Waals surface area (Å²) in [5.41, 5.74) is 8.70. The summed E-state index contributed by atoms with van der Waals surface area (Å²) in [6.07, 6.45) is 15.0. The zero-order valence-corrected chi connectivity index (χ0v) is 33.3. The van der Waals surface area contributed by atoms with Crippen molar-refractivity contribution in [2.24, 2.45) is 0 Å². The van der Waals surface area contributed by atoms with Crippen LogP contribution >= 0.6 is 34.0 Å². The fourth-order valence-electron chi connectivity index (χ4n) is 7.07. The first-order valence-corrected chi connectivity index (χ1v) is 21.7. The molecule has 3 nitrogen and oxygen atoms in total. The van der Waals surface area contributed by atoms with Gasteiger partial charge in [0.25, 0.3) is 0 Å². The number of unbranched alkanes of at least 4 members (excludes halogenated alkanes) is 6. The van der Waals surface area contributed by atoms with E-state index in [9.17, 15) is 4.79 Å². The van der Waals surface area contributed by atoms with Crippen LogP contribution in [0.4, 0.5) is 0 Å². The second-order valence-electron chi connectivity index (χ2n) is 13.7. The number of aldehydes is 1. The molecule has 0 bridgehead atoms. The smallest absolute Gasteiger partial charge is 0.181 e. The molecular formula is C47H48O3S3. The predicted octanol–water partition coefficient (Wildman–Crippen LogP) is 14.3. The van der Waals surface area contributed by atoms with Crippen LogP contribution in [0, 0.1) is 0 Å². The van der Waals surface area contributed by atoms with Crippen molar-refractivity contribution in [3.05, 3.63) is 130 Å². The molecule has 3 aromatic carbocycles. The van der Waals surface area contributed by atoms with Crippen LogP contribution in [0.1, 0.15) is 103 Å². The Bertz CT molecular complexity index is 2080. The third-order valence-electron chi connectivity index (χ3n) is 9.83. The zero-order chi connectivity index (χ0) is 36.4. The molecule has 0 saturated carbocycles. The van der Waals surface area contributed by atoms with E-state index in [1.807, 2.05) is 11.3 Å². The SMILES string of the molecule is CCCCCCc1cc(-c2sc(-c3sc(C=O)cc3CCCCCC)c3c2OCCO3)sc1-c1ccc(C=C(c2ccccc2)c2ccccc2)cc1. The summed E-state index contributed by atoms with van der Waals surface area (Å²) in [6, 6.07) is 34.9. The minimum Gasteiger partial charge on any atom is -0.485 e. The predicted molar refractivity (Wildman–Crippen MR) is 228 cm³/mol. The van der Waals surface area contributed by atoms with Crippen molar-refractivity contribution in [3.63, 3.8) is 0 Å². The molecule has 0 aliphatic carbocycles. The summed E-state index contributed by atoms with van der Waals surface area (Å²) in [6.45, 7) is 5.58. The molecule has 0 fully saturated rings. The normalized spacial score (nSPS) is 12.2. The molecular weight excluding hydrogens is 709 g/mol. The molecule has 0 unspecified atom stereocenters. The minimum atomic E-state index is 0.531. The Balaban J connectivity index is 1.25. The van der Waals surface area contributed by atoms with Crippen LogP contribution in [0.15, 0.2) is 97.1 Å². The topological polar surface area (TPSA) is 35.5 Å². The summed E-state index contributed by atoms with van der Waals surface area (Å²) in [7, 11) is 0. The Morgan fingerprint density at radius 1 is 0.604 bits per heavy atom. The van der Waals surface area contributed by atoms with Gasteiger partial charge in [-0.15, -0.1) is 34.0 Å². The van der Waals surface area contributed by atoms with E-state index in [0.717, 1.165) is 56.6 Å². The summed E-state index contributed by atoms with van der Waals surface area (Å²) in [4.78, 5) is 18.7. The third-order valence-corrected chi connectivity index (χ3v) is 13.7. The monoisotopic (exact) mass is 756 g/mol. The molecule has 53 heavy (non-hydrogen) atoms. The standard InChI is InChI=1S/C47H48O3S3/c1-3-5-7-11-21-37-30-39(32-48)51-45(37)47-43-42(49-27-28-50-43)46(53-47)41-31-38(22-12-8-6-4-2)44(52-41)36-25-23-33(24-26-36)29-40(34-17-13-9-14-18-34)35-19-15-10-16-20-35/h9-10,13-20,23-26,29-32H,3-8,11-12,21-22,27-28H2,1-2H3.